The van der Waals surface area contributed by atoms with E-state index in [4.69, 9.17) is 11.6 Å². The number of alkyl carbamates (subject to hydrolysis) is 1. The normalized spacial score (nSPS) is 15.0. The summed E-state index contributed by atoms with van der Waals surface area (Å²) in [7, 11) is -2.52. The van der Waals surface area contributed by atoms with E-state index < -0.39 is 27.2 Å². The molecule has 1 atom stereocenters. The monoisotopic (exact) mass is 607 g/mol. The molecule has 41 heavy (non-hydrogen) atoms. The van der Waals surface area contributed by atoms with Crippen LogP contribution in [0.25, 0.3) is 22.5 Å². The van der Waals surface area contributed by atoms with E-state index in [0.29, 0.717) is 36.3 Å². The van der Waals surface area contributed by atoms with E-state index in [9.17, 15) is 13.2 Å². The SMILES string of the molecule is COC(=O)N[C@@H](C)CNc1nccc(-c2nn(C(C)C)cc2-c2cc(Cl)cc(NS(=O)(=O)C3CCCCC3)c2F)n1. The van der Waals surface area contributed by atoms with Gasteiger partial charge in [-0.1, -0.05) is 30.9 Å². The number of anilines is 2. The summed E-state index contributed by atoms with van der Waals surface area (Å²) in [4.78, 5) is 20.3. The number of halogens is 2. The lowest BCUT2D eigenvalue weighted by Crippen LogP contribution is -2.37. The zero-order chi connectivity index (χ0) is 29.7. The number of sulfonamides is 1. The molecule has 3 N–H and O–H groups in total. The Kier molecular flexibility index (Phi) is 9.69. The van der Waals surface area contributed by atoms with Gasteiger partial charge in [-0.3, -0.25) is 9.40 Å². The van der Waals surface area contributed by atoms with E-state index in [2.05, 4.69) is 35.2 Å². The lowest BCUT2D eigenvalue weighted by atomic mass is 10.0. The van der Waals surface area contributed by atoms with Gasteiger partial charge in [-0.25, -0.2) is 27.6 Å². The van der Waals surface area contributed by atoms with Gasteiger partial charge in [-0.15, -0.1) is 0 Å². The zero-order valence-electron chi connectivity index (χ0n) is 23.4. The van der Waals surface area contributed by atoms with Gasteiger partial charge in [0.1, 0.15) is 5.69 Å². The van der Waals surface area contributed by atoms with Gasteiger partial charge in [0.2, 0.25) is 16.0 Å². The number of hydrogen-bond donors (Lipinski definition) is 3. The summed E-state index contributed by atoms with van der Waals surface area (Å²) in [5.41, 5.74) is 1.05. The molecule has 0 spiro atoms. The fourth-order valence-electron chi connectivity index (χ4n) is 4.65. The van der Waals surface area contributed by atoms with Crippen LogP contribution in [0.2, 0.25) is 5.02 Å². The Hall–Kier alpha value is -3.45. The first kappa shape index (κ1) is 30.5. The van der Waals surface area contributed by atoms with Gasteiger partial charge in [0, 0.05) is 47.2 Å². The maximum absolute atomic E-state index is 16.1. The van der Waals surface area contributed by atoms with Crippen LogP contribution in [0.1, 0.15) is 58.9 Å². The van der Waals surface area contributed by atoms with Crippen LogP contribution in [0.4, 0.5) is 20.8 Å². The molecule has 3 aromatic rings. The highest BCUT2D eigenvalue weighted by atomic mass is 35.5. The molecule has 0 radical (unpaired) electrons. The van der Waals surface area contributed by atoms with Crippen molar-refractivity contribution in [3.05, 3.63) is 41.4 Å². The summed E-state index contributed by atoms with van der Waals surface area (Å²) in [6.45, 7) is 5.97. The lowest BCUT2D eigenvalue weighted by Gasteiger charge is -2.23. The fourth-order valence-corrected chi connectivity index (χ4v) is 6.44. The van der Waals surface area contributed by atoms with E-state index in [-0.39, 0.29) is 34.3 Å². The molecule has 1 fully saturated rings. The van der Waals surface area contributed by atoms with Crippen LogP contribution in [0.5, 0.6) is 0 Å². The van der Waals surface area contributed by atoms with Crippen molar-refractivity contribution >= 4 is 39.4 Å². The third kappa shape index (κ3) is 7.45. The first-order valence-electron chi connectivity index (χ1n) is 13.5. The summed E-state index contributed by atoms with van der Waals surface area (Å²) < 4.78 is 51.0. The van der Waals surface area contributed by atoms with Crippen molar-refractivity contribution in [2.24, 2.45) is 0 Å². The number of nitrogens with one attached hydrogen (secondary N) is 3. The van der Waals surface area contributed by atoms with E-state index in [1.165, 1.54) is 19.2 Å². The third-order valence-corrected chi connectivity index (χ3v) is 8.92. The second-order valence-electron chi connectivity index (χ2n) is 10.4. The lowest BCUT2D eigenvalue weighted by molar-refractivity contribution is 0.168. The van der Waals surface area contributed by atoms with E-state index in [1.54, 1.807) is 30.1 Å². The molecule has 2 heterocycles. The first-order valence-corrected chi connectivity index (χ1v) is 15.4. The maximum atomic E-state index is 16.1. The van der Waals surface area contributed by atoms with Gasteiger partial charge in [0.25, 0.3) is 0 Å². The van der Waals surface area contributed by atoms with Gasteiger partial charge in [-0.05, 0) is 51.8 Å². The minimum Gasteiger partial charge on any atom is -0.453 e. The van der Waals surface area contributed by atoms with Crippen molar-refractivity contribution in [1.29, 1.82) is 0 Å². The number of hydrogen-bond acceptors (Lipinski definition) is 8. The van der Waals surface area contributed by atoms with Crippen molar-refractivity contribution in [2.75, 3.05) is 23.7 Å². The summed E-state index contributed by atoms with van der Waals surface area (Å²) >= 11 is 6.39. The van der Waals surface area contributed by atoms with Gasteiger partial charge in [0.05, 0.1) is 23.7 Å². The zero-order valence-corrected chi connectivity index (χ0v) is 25.0. The molecule has 1 amide bonds. The van der Waals surface area contributed by atoms with Crippen LogP contribution in [-0.4, -0.2) is 59.2 Å². The standard InChI is InChI=1S/C27H35ClFN7O4S/c1-16(2)36-15-21(25(34-36)22-10-11-30-26(33-22)31-14-17(3)32-27(37)40-4)20-12-18(28)13-23(24(20)29)35-41(38,39)19-8-6-5-7-9-19/h10-13,15-17,19,35H,5-9,14H2,1-4H3,(H,32,37)(H,30,31,33)/t17-/m0/s1. The third-order valence-electron chi connectivity index (χ3n) is 6.85. The fraction of sp³-hybridized carbons (Fsp3) is 0.481. The van der Waals surface area contributed by atoms with Crippen molar-refractivity contribution in [3.63, 3.8) is 0 Å². The molecular weight excluding hydrogens is 573 g/mol. The molecule has 0 aliphatic heterocycles. The molecule has 1 aromatic carbocycles. The molecule has 0 bridgehead atoms. The second kappa shape index (κ2) is 13.0. The molecule has 0 saturated heterocycles. The molecular formula is C27H35ClFN7O4S. The number of rotatable bonds is 10. The van der Waals surface area contributed by atoms with E-state index in [0.717, 1.165) is 19.3 Å². The van der Waals surface area contributed by atoms with Gasteiger partial charge in [0.15, 0.2) is 5.82 Å². The van der Waals surface area contributed by atoms with Crippen molar-refractivity contribution in [3.8, 4) is 22.5 Å². The summed E-state index contributed by atoms with van der Waals surface area (Å²) in [5, 5.41) is 9.97. The molecule has 2 aromatic heterocycles. The Morgan fingerprint density at radius 1 is 1.20 bits per heavy atom. The molecule has 14 heteroatoms. The molecule has 1 aliphatic carbocycles. The number of nitrogens with zero attached hydrogens (tertiary/aromatic N) is 4. The van der Waals surface area contributed by atoms with Gasteiger partial charge in [-0.2, -0.15) is 5.10 Å². The predicted molar refractivity (Wildman–Crippen MR) is 157 cm³/mol. The van der Waals surface area contributed by atoms with E-state index >= 15 is 4.39 Å². The quantitative estimate of drug-likeness (QED) is 0.270. The maximum Gasteiger partial charge on any atom is 0.407 e. The smallest absolute Gasteiger partial charge is 0.407 e. The number of methoxy groups -OCH3 is 1. The molecule has 4 rings (SSSR count). The Labute approximate surface area is 244 Å². The number of benzene rings is 1. The highest BCUT2D eigenvalue weighted by molar-refractivity contribution is 7.93. The topological polar surface area (TPSA) is 140 Å². The molecule has 11 nitrogen and oxygen atoms in total. The van der Waals surface area contributed by atoms with Crippen LogP contribution >= 0.6 is 11.6 Å². The van der Waals surface area contributed by atoms with Gasteiger partial charge < -0.3 is 15.4 Å². The number of aromatic nitrogens is 4. The van der Waals surface area contributed by atoms with Crippen molar-refractivity contribution in [1.82, 2.24) is 25.1 Å². The molecule has 0 unspecified atom stereocenters. The number of carbonyl (C=O) groups is 1. The molecule has 1 saturated carbocycles. The van der Waals surface area contributed by atoms with Gasteiger partial charge >= 0.3 is 6.09 Å². The number of ether oxygens (including phenoxy) is 1. The number of amides is 1. The largest absolute Gasteiger partial charge is 0.453 e. The van der Waals surface area contributed by atoms with Crippen LogP contribution in [0, 0.1) is 5.82 Å². The average Bonchev–Trinajstić information content (AvgIpc) is 3.40. The Morgan fingerprint density at radius 3 is 2.61 bits per heavy atom. The highest BCUT2D eigenvalue weighted by Crippen LogP contribution is 2.38. The van der Waals surface area contributed by atoms with Crippen molar-refractivity contribution in [2.45, 2.75) is 70.2 Å². The average molecular weight is 608 g/mol. The van der Waals surface area contributed by atoms with Crippen LogP contribution < -0.4 is 15.4 Å². The minimum absolute atomic E-state index is 0.0568. The summed E-state index contributed by atoms with van der Waals surface area (Å²) in [5.74, 6) is -0.480. The van der Waals surface area contributed by atoms with Crippen LogP contribution in [0.15, 0.2) is 30.6 Å². The second-order valence-corrected chi connectivity index (χ2v) is 12.8. The number of carbonyl (C=O) groups excluding carboxylic acids is 1. The van der Waals surface area contributed by atoms with Crippen LogP contribution in [0.3, 0.4) is 0 Å². The van der Waals surface area contributed by atoms with Crippen molar-refractivity contribution < 1.29 is 22.3 Å². The highest BCUT2D eigenvalue weighted by Gasteiger charge is 2.29. The Morgan fingerprint density at radius 2 is 1.93 bits per heavy atom. The predicted octanol–water partition coefficient (Wildman–Crippen LogP) is 5.61. The molecule has 222 valence electrons. The molecule has 1 aliphatic rings. The summed E-state index contributed by atoms with van der Waals surface area (Å²) in [6.07, 6.45) is 6.39. The summed E-state index contributed by atoms with van der Waals surface area (Å²) in [6, 6.07) is 4.04. The Balaban J connectivity index is 1.69. The Bertz CT molecular complexity index is 1490. The first-order chi connectivity index (χ1) is 19.5. The van der Waals surface area contributed by atoms with E-state index in [1.807, 2.05) is 13.8 Å². The minimum atomic E-state index is -3.81. The van der Waals surface area contributed by atoms with Crippen LogP contribution in [-0.2, 0) is 14.8 Å².